The maximum absolute atomic E-state index is 13.3. The number of fused-ring (bicyclic) bond motifs is 1. The van der Waals surface area contributed by atoms with Gasteiger partial charge in [-0.3, -0.25) is 9.88 Å². The zero-order valence-electron chi connectivity index (χ0n) is 20.0. The minimum Gasteiger partial charge on any atom is -0.369 e. The molecule has 2 aromatic heterocycles. The minimum atomic E-state index is -0.204. The molecule has 0 atom stereocenters. The van der Waals surface area contributed by atoms with Crippen LogP contribution in [0.3, 0.4) is 0 Å². The second kappa shape index (κ2) is 9.93. The Kier molecular flexibility index (Phi) is 7.00. The number of nitrogens with one attached hydrogen (secondary N) is 1. The third-order valence-electron chi connectivity index (χ3n) is 5.86. The number of hydrogen-bond donors (Lipinski definition) is 1. The Labute approximate surface area is 195 Å². The zero-order chi connectivity index (χ0) is 23.4. The molecule has 0 saturated heterocycles. The van der Waals surface area contributed by atoms with Crippen molar-refractivity contribution in [2.24, 2.45) is 5.41 Å². The van der Waals surface area contributed by atoms with Crippen molar-refractivity contribution in [2.45, 2.75) is 33.4 Å². The molecule has 0 fully saturated rings. The maximum Gasteiger partial charge on any atom is 0.163 e. The lowest BCUT2D eigenvalue weighted by Crippen LogP contribution is -2.36. The summed E-state index contributed by atoms with van der Waals surface area (Å²) in [6, 6.07) is 10.7. The van der Waals surface area contributed by atoms with Crippen LogP contribution < -0.4 is 5.32 Å². The quantitative estimate of drug-likeness (QED) is 0.556. The second-order valence-electron chi connectivity index (χ2n) is 9.91. The van der Waals surface area contributed by atoms with Gasteiger partial charge in [-0.15, -0.1) is 0 Å². The van der Waals surface area contributed by atoms with Crippen molar-refractivity contribution in [3.63, 3.8) is 0 Å². The van der Waals surface area contributed by atoms with Crippen molar-refractivity contribution < 1.29 is 4.39 Å². The molecule has 0 bridgehead atoms. The molecule has 3 heterocycles. The Bertz CT molecular complexity index is 1070. The van der Waals surface area contributed by atoms with Crippen LogP contribution in [0.15, 0.2) is 48.8 Å². The molecule has 0 amide bonds. The van der Waals surface area contributed by atoms with E-state index >= 15 is 0 Å². The van der Waals surface area contributed by atoms with E-state index in [4.69, 9.17) is 9.97 Å². The van der Waals surface area contributed by atoms with Gasteiger partial charge in [0, 0.05) is 56.2 Å². The Hall–Kier alpha value is -2.90. The number of rotatable bonds is 8. The molecule has 7 heteroatoms. The van der Waals surface area contributed by atoms with Gasteiger partial charge < -0.3 is 10.2 Å². The van der Waals surface area contributed by atoms with E-state index in [1.165, 1.54) is 17.7 Å². The van der Waals surface area contributed by atoms with E-state index in [2.05, 4.69) is 48.0 Å². The van der Waals surface area contributed by atoms with E-state index in [9.17, 15) is 4.39 Å². The minimum absolute atomic E-state index is 0.0963. The molecule has 3 aromatic rings. The van der Waals surface area contributed by atoms with Crippen LogP contribution in [-0.4, -0.2) is 58.5 Å². The smallest absolute Gasteiger partial charge is 0.163 e. The van der Waals surface area contributed by atoms with E-state index < -0.39 is 0 Å². The Balaban J connectivity index is 1.60. The maximum atomic E-state index is 13.3. The van der Waals surface area contributed by atoms with E-state index in [1.54, 1.807) is 12.4 Å². The van der Waals surface area contributed by atoms with Crippen LogP contribution in [-0.2, 0) is 19.5 Å². The highest BCUT2D eigenvalue weighted by Crippen LogP contribution is 2.29. The molecule has 0 radical (unpaired) electrons. The molecule has 0 spiro atoms. The van der Waals surface area contributed by atoms with Crippen LogP contribution in [0, 0.1) is 11.2 Å². The molecular weight excluding hydrogens is 415 g/mol. The SMILES string of the molecule is CN(C)CC(C)(C)CNc1nc(-c2cccnc2)nc2c1CCN(Cc1ccc(F)cc1)C2. The van der Waals surface area contributed by atoms with Gasteiger partial charge in [-0.05, 0) is 55.8 Å². The summed E-state index contributed by atoms with van der Waals surface area (Å²) in [5.74, 6) is 1.41. The summed E-state index contributed by atoms with van der Waals surface area (Å²) >= 11 is 0. The highest BCUT2D eigenvalue weighted by atomic mass is 19.1. The van der Waals surface area contributed by atoms with Gasteiger partial charge in [0.2, 0.25) is 0 Å². The van der Waals surface area contributed by atoms with Gasteiger partial charge in [0.25, 0.3) is 0 Å². The highest BCUT2D eigenvalue weighted by molar-refractivity contribution is 5.59. The van der Waals surface area contributed by atoms with Crippen molar-refractivity contribution in [3.05, 3.63) is 71.4 Å². The van der Waals surface area contributed by atoms with Gasteiger partial charge in [0.1, 0.15) is 11.6 Å². The summed E-state index contributed by atoms with van der Waals surface area (Å²) in [6.07, 6.45) is 4.44. The molecule has 0 aliphatic carbocycles. The van der Waals surface area contributed by atoms with Gasteiger partial charge >= 0.3 is 0 Å². The molecule has 0 saturated carbocycles. The summed E-state index contributed by atoms with van der Waals surface area (Å²) in [7, 11) is 4.20. The summed E-state index contributed by atoms with van der Waals surface area (Å²) in [5.41, 5.74) is 4.35. The number of benzene rings is 1. The largest absolute Gasteiger partial charge is 0.369 e. The fourth-order valence-corrected chi connectivity index (χ4v) is 4.47. The van der Waals surface area contributed by atoms with Crippen molar-refractivity contribution >= 4 is 5.82 Å². The molecule has 1 N–H and O–H groups in total. The van der Waals surface area contributed by atoms with Gasteiger partial charge in [0.05, 0.1) is 5.69 Å². The van der Waals surface area contributed by atoms with E-state index in [-0.39, 0.29) is 11.2 Å². The van der Waals surface area contributed by atoms with Crippen molar-refractivity contribution in [1.29, 1.82) is 0 Å². The van der Waals surface area contributed by atoms with Gasteiger partial charge in [0.15, 0.2) is 5.82 Å². The van der Waals surface area contributed by atoms with Gasteiger partial charge in [-0.25, -0.2) is 14.4 Å². The van der Waals surface area contributed by atoms with E-state index in [1.807, 2.05) is 24.3 Å². The first-order valence-electron chi connectivity index (χ1n) is 11.4. The second-order valence-corrected chi connectivity index (χ2v) is 9.91. The first-order chi connectivity index (χ1) is 15.8. The Morgan fingerprint density at radius 3 is 2.61 bits per heavy atom. The highest BCUT2D eigenvalue weighted by Gasteiger charge is 2.25. The Morgan fingerprint density at radius 1 is 1.12 bits per heavy atom. The third-order valence-corrected chi connectivity index (χ3v) is 5.86. The van der Waals surface area contributed by atoms with Crippen molar-refractivity contribution in [1.82, 2.24) is 24.8 Å². The molecule has 1 aromatic carbocycles. The number of anilines is 1. The van der Waals surface area contributed by atoms with Crippen LogP contribution in [0.5, 0.6) is 0 Å². The summed E-state index contributed by atoms with van der Waals surface area (Å²) in [5, 5.41) is 3.64. The van der Waals surface area contributed by atoms with Crippen molar-refractivity contribution in [2.75, 3.05) is 39.0 Å². The van der Waals surface area contributed by atoms with Crippen LogP contribution >= 0.6 is 0 Å². The fraction of sp³-hybridized carbons (Fsp3) is 0.423. The summed E-state index contributed by atoms with van der Waals surface area (Å²) < 4.78 is 13.3. The van der Waals surface area contributed by atoms with Crippen molar-refractivity contribution in [3.8, 4) is 11.4 Å². The normalized spacial score (nSPS) is 14.4. The van der Waals surface area contributed by atoms with E-state index in [0.717, 1.165) is 61.8 Å². The monoisotopic (exact) mass is 448 g/mol. The number of hydrogen-bond acceptors (Lipinski definition) is 6. The lowest BCUT2D eigenvalue weighted by Gasteiger charge is -2.32. The summed E-state index contributed by atoms with van der Waals surface area (Å²) in [6.45, 7) is 8.74. The lowest BCUT2D eigenvalue weighted by atomic mass is 9.92. The third kappa shape index (κ3) is 6.12. The molecule has 1 aliphatic rings. The Morgan fingerprint density at radius 2 is 1.91 bits per heavy atom. The van der Waals surface area contributed by atoms with Crippen LogP contribution in [0.25, 0.3) is 11.4 Å². The first kappa shape index (κ1) is 23.3. The average Bonchev–Trinajstić information content (AvgIpc) is 2.78. The lowest BCUT2D eigenvalue weighted by molar-refractivity contribution is 0.241. The standard InChI is InChI=1S/C26H33FN6/c1-26(2,18-32(3)4)17-29-25-22-11-13-33(15-19-7-9-21(27)10-8-19)16-23(22)30-24(31-25)20-6-5-12-28-14-20/h5-10,12,14H,11,13,15-18H2,1-4H3,(H,29,30,31). The molecular formula is C26H33FN6. The molecule has 0 unspecified atom stereocenters. The van der Waals surface area contributed by atoms with Crippen LogP contribution in [0.1, 0.15) is 30.7 Å². The number of halogens is 1. The number of aromatic nitrogens is 3. The predicted molar refractivity (Wildman–Crippen MR) is 130 cm³/mol. The van der Waals surface area contributed by atoms with Gasteiger partial charge in [-0.2, -0.15) is 0 Å². The molecule has 174 valence electrons. The number of pyridine rings is 1. The molecule has 33 heavy (non-hydrogen) atoms. The molecule has 1 aliphatic heterocycles. The topological polar surface area (TPSA) is 57.2 Å². The molecule has 4 rings (SSSR count). The fourth-order valence-electron chi connectivity index (χ4n) is 4.47. The number of nitrogens with zero attached hydrogens (tertiary/aromatic N) is 5. The van der Waals surface area contributed by atoms with Crippen LogP contribution in [0.2, 0.25) is 0 Å². The molecule has 6 nitrogen and oxygen atoms in total. The first-order valence-corrected chi connectivity index (χ1v) is 11.4. The zero-order valence-corrected chi connectivity index (χ0v) is 20.0. The predicted octanol–water partition coefficient (Wildman–Crippen LogP) is 4.24. The average molecular weight is 449 g/mol. The summed E-state index contributed by atoms with van der Waals surface area (Å²) in [4.78, 5) is 18.7. The van der Waals surface area contributed by atoms with Crippen LogP contribution in [0.4, 0.5) is 10.2 Å². The van der Waals surface area contributed by atoms with E-state index in [0.29, 0.717) is 5.82 Å². The van der Waals surface area contributed by atoms with Gasteiger partial charge in [-0.1, -0.05) is 26.0 Å².